The van der Waals surface area contributed by atoms with Crippen LogP contribution in [0.5, 0.6) is 0 Å². The monoisotopic (exact) mass is 460 g/mol. The van der Waals surface area contributed by atoms with Crippen LogP contribution >= 0.6 is 0 Å². The molecular formula is C25H24N4O5. The molecule has 0 saturated carbocycles. The number of aliphatic carboxylic acids is 1. The number of nitrogens with one attached hydrogen (secondary N) is 2. The molecule has 174 valence electrons. The first-order valence-corrected chi connectivity index (χ1v) is 10.8. The molecule has 9 nitrogen and oxygen atoms in total. The lowest BCUT2D eigenvalue weighted by molar-refractivity contribution is -0.137. The summed E-state index contributed by atoms with van der Waals surface area (Å²) in [4.78, 5) is 52.6. The third-order valence-corrected chi connectivity index (χ3v) is 5.90. The van der Waals surface area contributed by atoms with E-state index in [1.807, 2.05) is 30.3 Å². The Labute approximate surface area is 195 Å². The molecule has 1 aliphatic rings. The number of anilines is 1. The first kappa shape index (κ1) is 22.9. The van der Waals surface area contributed by atoms with Gasteiger partial charge in [-0.3, -0.25) is 19.2 Å². The Morgan fingerprint density at radius 1 is 1.18 bits per heavy atom. The van der Waals surface area contributed by atoms with Crippen LogP contribution in [0.4, 0.5) is 5.69 Å². The van der Waals surface area contributed by atoms with Crippen molar-refractivity contribution in [3.63, 3.8) is 0 Å². The summed E-state index contributed by atoms with van der Waals surface area (Å²) in [5.74, 6) is -2.75. The van der Waals surface area contributed by atoms with Gasteiger partial charge in [-0.05, 0) is 37.6 Å². The third kappa shape index (κ3) is 4.59. The van der Waals surface area contributed by atoms with Gasteiger partial charge in [0.1, 0.15) is 0 Å². The average Bonchev–Trinajstić information content (AvgIpc) is 3.32. The highest BCUT2D eigenvalue weighted by Gasteiger charge is 2.35. The van der Waals surface area contributed by atoms with Crippen LogP contribution in [0.1, 0.15) is 38.3 Å². The maximum absolute atomic E-state index is 12.6. The van der Waals surface area contributed by atoms with E-state index in [1.165, 1.54) is 6.92 Å². The van der Waals surface area contributed by atoms with Crippen LogP contribution in [0.3, 0.4) is 0 Å². The molecule has 0 aliphatic carbocycles. The van der Waals surface area contributed by atoms with E-state index < -0.39 is 23.8 Å². The number of carboxylic acids is 1. The van der Waals surface area contributed by atoms with Crippen LogP contribution < -0.4 is 10.6 Å². The number of rotatable bonds is 8. The molecule has 2 atom stereocenters. The summed E-state index contributed by atoms with van der Waals surface area (Å²) in [7, 11) is 0. The van der Waals surface area contributed by atoms with Crippen LogP contribution in [0.15, 0.2) is 66.1 Å². The SMILES string of the molecule is CC(=O)C1=C(C)NC(=O)C1CC(=O)Nc1ccc2c(c1)ncn2C(CC(=O)O)c1ccccc1. The zero-order chi connectivity index (χ0) is 24.4. The van der Waals surface area contributed by atoms with Crippen molar-refractivity contribution in [2.45, 2.75) is 32.7 Å². The number of carbonyl (C=O) groups is 4. The Morgan fingerprint density at radius 2 is 1.91 bits per heavy atom. The number of hydrogen-bond donors (Lipinski definition) is 3. The van der Waals surface area contributed by atoms with Gasteiger partial charge in [-0.25, -0.2) is 4.98 Å². The van der Waals surface area contributed by atoms with Gasteiger partial charge in [0.2, 0.25) is 11.8 Å². The first-order valence-electron chi connectivity index (χ1n) is 10.8. The Morgan fingerprint density at radius 3 is 2.59 bits per heavy atom. The number of Topliss-reactive ketones (excluding diaryl/α,β-unsaturated/α-hetero) is 1. The number of benzene rings is 2. The molecule has 0 radical (unpaired) electrons. The molecule has 9 heteroatoms. The zero-order valence-corrected chi connectivity index (χ0v) is 18.7. The summed E-state index contributed by atoms with van der Waals surface area (Å²) in [6.45, 7) is 3.02. The number of nitrogens with zero attached hydrogens (tertiary/aromatic N) is 2. The lowest BCUT2D eigenvalue weighted by Crippen LogP contribution is -2.26. The topological polar surface area (TPSA) is 130 Å². The smallest absolute Gasteiger partial charge is 0.305 e. The van der Waals surface area contributed by atoms with Crippen molar-refractivity contribution < 1.29 is 24.3 Å². The fraction of sp³-hybridized carbons (Fsp3) is 0.240. The van der Waals surface area contributed by atoms with Gasteiger partial charge < -0.3 is 20.3 Å². The molecule has 2 heterocycles. The van der Waals surface area contributed by atoms with Crippen molar-refractivity contribution in [3.8, 4) is 0 Å². The number of ketones is 1. The Kier molecular flexibility index (Phi) is 6.27. The summed E-state index contributed by atoms with van der Waals surface area (Å²) in [6, 6.07) is 14.0. The van der Waals surface area contributed by atoms with Gasteiger partial charge in [0.05, 0.1) is 35.7 Å². The lowest BCUT2D eigenvalue weighted by atomic mass is 9.93. The van der Waals surface area contributed by atoms with E-state index in [1.54, 1.807) is 36.0 Å². The van der Waals surface area contributed by atoms with Crippen LogP contribution in [-0.2, 0) is 19.2 Å². The van der Waals surface area contributed by atoms with Crippen molar-refractivity contribution >= 4 is 40.3 Å². The molecule has 0 spiro atoms. The van der Waals surface area contributed by atoms with E-state index >= 15 is 0 Å². The molecule has 1 aromatic heterocycles. The minimum Gasteiger partial charge on any atom is -0.481 e. The van der Waals surface area contributed by atoms with E-state index in [0.717, 1.165) is 11.1 Å². The summed E-state index contributed by atoms with van der Waals surface area (Å²) in [6.07, 6.45) is 1.33. The molecule has 0 bridgehead atoms. The molecular weight excluding hydrogens is 436 g/mol. The second-order valence-electron chi connectivity index (χ2n) is 8.27. The average molecular weight is 460 g/mol. The van der Waals surface area contributed by atoms with Gasteiger partial charge in [-0.1, -0.05) is 30.3 Å². The van der Waals surface area contributed by atoms with Gasteiger partial charge in [0, 0.05) is 23.4 Å². The quantitative estimate of drug-likeness (QED) is 0.474. The van der Waals surface area contributed by atoms with Gasteiger partial charge in [0.15, 0.2) is 5.78 Å². The molecule has 3 aromatic rings. The van der Waals surface area contributed by atoms with Crippen molar-refractivity contribution in [2.75, 3.05) is 5.32 Å². The van der Waals surface area contributed by atoms with Crippen LogP contribution in [0.2, 0.25) is 0 Å². The lowest BCUT2D eigenvalue weighted by Gasteiger charge is -2.18. The summed E-state index contributed by atoms with van der Waals surface area (Å²) >= 11 is 0. The minimum absolute atomic E-state index is 0.108. The molecule has 3 N–H and O–H groups in total. The molecule has 2 unspecified atom stereocenters. The number of aromatic nitrogens is 2. The van der Waals surface area contributed by atoms with Gasteiger partial charge >= 0.3 is 5.97 Å². The number of hydrogen-bond acceptors (Lipinski definition) is 5. The predicted molar refractivity (Wildman–Crippen MR) is 125 cm³/mol. The Bertz CT molecular complexity index is 1330. The van der Waals surface area contributed by atoms with Gasteiger partial charge in [0.25, 0.3) is 0 Å². The first-order chi connectivity index (χ1) is 16.2. The van der Waals surface area contributed by atoms with Gasteiger partial charge in [-0.15, -0.1) is 0 Å². The highest BCUT2D eigenvalue weighted by molar-refractivity contribution is 6.07. The Balaban J connectivity index is 1.55. The normalized spacial score (nSPS) is 16.4. The van der Waals surface area contributed by atoms with E-state index in [2.05, 4.69) is 15.6 Å². The van der Waals surface area contributed by atoms with Crippen LogP contribution in [0, 0.1) is 5.92 Å². The van der Waals surface area contributed by atoms with E-state index in [0.29, 0.717) is 22.5 Å². The van der Waals surface area contributed by atoms with E-state index in [-0.39, 0.29) is 24.5 Å². The van der Waals surface area contributed by atoms with Crippen molar-refractivity contribution in [3.05, 3.63) is 71.7 Å². The maximum atomic E-state index is 12.6. The molecule has 4 rings (SSSR count). The second kappa shape index (κ2) is 9.30. The molecule has 2 amide bonds. The third-order valence-electron chi connectivity index (χ3n) is 5.90. The fourth-order valence-corrected chi connectivity index (χ4v) is 4.41. The van der Waals surface area contributed by atoms with Gasteiger partial charge in [-0.2, -0.15) is 0 Å². The largest absolute Gasteiger partial charge is 0.481 e. The standard InChI is InChI=1S/C25H24N4O5/c1-14-24(15(2)30)18(25(34)27-14)11-22(31)28-17-8-9-20-19(10-17)26-13-29(20)21(12-23(32)33)16-6-4-3-5-7-16/h3-10,13,18,21H,11-12H2,1-2H3,(H,27,34)(H,28,31)(H,32,33). The van der Waals surface area contributed by atoms with Crippen molar-refractivity contribution in [1.82, 2.24) is 14.9 Å². The second-order valence-corrected chi connectivity index (χ2v) is 8.27. The molecule has 34 heavy (non-hydrogen) atoms. The summed E-state index contributed by atoms with van der Waals surface area (Å²) in [5.41, 5.74) is 3.46. The number of fused-ring (bicyclic) bond motifs is 1. The number of carboxylic acid groups (broad SMARTS) is 1. The Hall–Kier alpha value is -4.27. The van der Waals surface area contributed by atoms with Crippen LogP contribution in [0.25, 0.3) is 11.0 Å². The number of carbonyl (C=O) groups excluding carboxylic acids is 3. The molecule has 1 aliphatic heterocycles. The highest BCUT2D eigenvalue weighted by Crippen LogP contribution is 2.29. The van der Waals surface area contributed by atoms with Crippen LogP contribution in [-0.4, -0.2) is 38.2 Å². The predicted octanol–water partition coefficient (Wildman–Crippen LogP) is 3.04. The molecule has 0 saturated heterocycles. The summed E-state index contributed by atoms with van der Waals surface area (Å²) in [5, 5.41) is 14.8. The molecule has 0 fully saturated rings. The summed E-state index contributed by atoms with van der Waals surface area (Å²) < 4.78 is 1.81. The fourth-order valence-electron chi connectivity index (χ4n) is 4.41. The van der Waals surface area contributed by atoms with Crippen molar-refractivity contribution in [2.24, 2.45) is 5.92 Å². The van der Waals surface area contributed by atoms with E-state index in [9.17, 15) is 24.3 Å². The maximum Gasteiger partial charge on any atom is 0.305 e. The van der Waals surface area contributed by atoms with Crippen molar-refractivity contribution in [1.29, 1.82) is 0 Å². The number of allylic oxidation sites excluding steroid dienone is 1. The number of imidazole rings is 1. The minimum atomic E-state index is -0.926. The highest BCUT2D eigenvalue weighted by atomic mass is 16.4. The molecule has 2 aromatic carbocycles. The zero-order valence-electron chi connectivity index (χ0n) is 18.7. The van der Waals surface area contributed by atoms with E-state index in [4.69, 9.17) is 0 Å². The number of amides is 2.